The molecule has 2 atom stereocenters. The Hall–Kier alpha value is -1.99. The molecule has 2 aliphatic heterocycles. The predicted molar refractivity (Wildman–Crippen MR) is 85.8 cm³/mol. The number of hydrogen-bond donors (Lipinski definition) is 0. The molecular formula is C18H22FNO5. The van der Waals surface area contributed by atoms with Crippen molar-refractivity contribution in [1.29, 1.82) is 0 Å². The average molecular weight is 351 g/mol. The number of amides is 1. The molecule has 0 aromatic heterocycles. The smallest absolute Gasteiger partial charge is 0.328 e. The molecule has 2 saturated heterocycles. The molecule has 0 spiro atoms. The van der Waals surface area contributed by atoms with Crippen LogP contribution in [-0.4, -0.2) is 47.9 Å². The number of rotatable bonds is 5. The van der Waals surface area contributed by atoms with Crippen molar-refractivity contribution in [3.8, 4) is 0 Å². The lowest BCUT2D eigenvalue weighted by Crippen LogP contribution is -2.40. The molecule has 136 valence electrons. The average Bonchev–Trinajstić information content (AvgIpc) is 3.10. The number of halogens is 1. The van der Waals surface area contributed by atoms with Crippen LogP contribution in [0.4, 0.5) is 4.39 Å². The summed E-state index contributed by atoms with van der Waals surface area (Å²) in [6.07, 6.45) is 0.422. The summed E-state index contributed by atoms with van der Waals surface area (Å²) in [5.41, 5.74) is 0.767. The Balaban J connectivity index is 1.57. The Morgan fingerprint density at radius 3 is 2.72 bits per heavy atom. The van der Waals surface area contributed by atoms with Crippen molar-refractivity contribution in [2.45, 2.75) is 51.2 Å². The molecule has 2 fully saturated rings. The fourth-order valence-corrected chi connectivity index (χ4v) is 3.08. The highest BCUT2D eigenvalue weighted by Crippen LogP contribution is 2.25. The van der Waals surface area contributed by atoms with Gasteiger partial charge in [-0.05, 0) is 38.0 Å². The first-order chi connectivity index (χ1) is 11.8. The third-order valence-corrected chi connectivity index (χ3v) is 4.35. The second-order valence-electron chi connectivity index (χ2n) is 6.78. The molecule has 7 heteroatoms. The van der Waals surface area contributed by atoms with Crippen molar-refractivity contribution in [3.05, 3.63) is 35.6 Å². The Bertz CT molecular complexity index is 645. The summed E-state index contributed by atoms with van der Waals surface area (Å²) in [5.74, 6) is -1.56. The largest absolute Gasteiger partial charge is 0.461 e. The van der Waals surface area contributed by atoms with Gasteiger partial charge in [0.2, 0.25) is 5.91 Å². The normalized spacial score (nSPS) is 25.4. The van der Waals surface area contributed by atoms with Gasteiger partial charge in [0.15, 0.2) is 5.79 Å². The van der Waals surface area contributed by atoms with Crippen LogP contribution in [0.15, 0.2) is 24.3 Å². The van der Waals surface area contributed by atoms with Crippen molar-refractivity contribution < 1.29 is 28.2 Å². The van der Waals surface area contributed by atoms with Crippen LogP contribution < -0.4 is 0 Å². The van der Waals surface area contributed by atoms with Gasteiger partial charge in [-0.2, -0.15) is 0 Å². The molecule has 0 radical (unpaired) electrons. The van der Waals surface area contributed by atoms with Gasteiger partial charge in [-0.25, -0.2) is 9.18 Å². The van der Waals surface area contributed by atoms with Gasteiger partial charge in [0, 0.05) is 13.0 Å². The summed E-state index contributed by atoms with van der Waals surface area (Å²) >= 11 is 0. The molecule has 6 nitrogen and oxygen atoms in total. The minimum absolute atomic E-state index is 0.0946. The molecular weight excluding hydrogens is 329 g/mol. The Morgan fingerprint density at radius 2 is 2.08 bits per heavy atom. The first kappa shape index (κ1) is 17.8. The Kier molecular flexibility index (Phi) is 5.06. The second-order valence-corrected chi connectivity index (χ2v) is 6.78. The van der Waals surface area contributed by atoms with Crippen molar-refractivity contribution >= 4 is 11.9 Å². The zero-order chi connectivity index (χ0) is 18.0. The zero-order valence-corrected chi connectivity index (χ0v) is 14.4. The van der Waals surface area contributed by atoms with Crippen LogP contribution in [0.1, 0.15) is 32.3 Å². The van der Waals surface area contributed by atoms with Crippen LogP contribution in [0.25, 0.3) is 0 Å². The number of likely N-dealkylation sites (tertiary alicyclic amines) is 1. The maximum absolute atomic E-state index is 13.0. The second kappa shape index (κ2) is 7.09. The summed E-state index contributed by atoms with van der Waals surface area (Å²) in [6, 6.07) is 5.27. The minimum Gasteiger partial charge on any atom is -0.461 e. The van der Waals surface area contributed by atoms with E-state index in [1.54, 1.807) is 26.0 Å². The highest BCUT2D eigenvalue weighted by molar-refractivity contribution is 5.88. The first-order valence-electron chi connectivity index (χ1n) is 8.36. The van der Waals surface area contributed by atoms with Crippen molar-refractivity contribution in [2.75, 3.05) is 13.2 Å². The molecule has 0 N–H and O–H groups in total. The van der Waals surface area contributed by atoms with E-state index in [0.717, 1.165) is 5.56 Å². The standard InChI is InChI=1S/C18H22FNO5/c1-18(2)24-11-14(25-18)10-23-17(22)15-7-8-16(21)20(15)9-12-3-5-13(19)6-4-12/h3-6,14-15H,7-11H2,1-2H3/t14?,15-/m0/s1. The Labute approximate surface area is 145 Å². The number of carbonyl (C=O) groups excluding carboxylic acids is 2. The van der Waals surface area contributed by atoms with Gasteiger partial charge in [-0.15, -0.1) is 0 Å². The third-order valence-electron chi connectivity index (χ3n) is 4.35. The van der Waals surface area contributed by atoms with Crippen LogP contribution in [0.5, 0.6) is 0 Å². The molecule has 1 amide bonds. The van der Waals surface area contributed by atoms with Gasteiger partial charge in [0.25, 0.3) is 0 Å². The predicted octanol–water partition coefficient (Wildman–Crippen LogP) is 2.01. The van der Waals surface area contributed by atoms with E-state index in [0.29, 0.717) is 19.4 Å². The molecule has 0 bridgehead atoms. The molecule has 2 heterocycles. The van der Waals surface area contributed by atoms with Gasteiger partial charge in [0.1, 0.15) is 24.6 Å². The van der Waals surface area contributed by atoms with Crippen LogP contribution in [0.2, 0.25) is 0 Å². The topological polar surface area (TPSA) is 65.1 Å². The van der Waals surface area contributed by atoms with Crippen LogP contribution in [0, 0.1) is 5.82 Å². The van der Waals surface area contributed by atoms with Crippen molar-refractivity contribution in [2.24, 2.45) is 0 Å². The number of ether oxygens (including phenoxy) is 3. The number of benzene rings is 1. The van der Waals surface area contributed by atoms with E-state index in [2.05, 4.69) is 0 Å². The van der Waals surface area contributed by atoms with E-state index in [1.807, 2.05) is 0 Å². The zero-order valence-electron chi connectivity index (χ0n) is 14.4. The quantitative estimate of drug-likeness (QED) is 0.760. The van der Waals surface area contributed by atoms with E-state index in [9.17, 15) is 14.0 Å². The van der Waals surface area contributed by atoms with Gasteiger partial charge in [-0.1, -0.05) is 12.1 Å². The van der Waals surface area contributed by atoms with Gasteiger partial charge in [-0.3, -0.25) is 4.79 Å². The van der Waals surface area contributed by atoms with Gasteiger partial charge < -0.3 is 19.1 Å². The molecule has 1 aromatic carbocycles. The van der Waals surface area contributed by atoms with E-state index in [1.165, 1.54) is 17.0 Å². The maximum Gasteiger partial charge on any atom is 0.328 e. The highest BCUT2D eigenvalue weighted by Gasteiger charge is 2.38. The molecule has 0 aliphatic carbocycles. The first-order valence-corrected chi connectivity index (χ1v) is 8.36. The number of hydrogen-bond acceptors (Lipinski definition) is 5. The molecule has 1 aromatic rings. The lowest BCUT2D eigenvalue weighted by Gasteiger charge is -2.24. The molecule has 1 unspecified atom stereocenters. The van der Waals surface area contributed by atoms with Crippen LogP contribution >= 0.6 is 0 Å². The number of nitrogens with zero attached hydrogens (tertiary/aromatic N) is 1. The third kappa shape index (κ3) is 4.35. The van der Waals surface area contributed by atoms with Crippen molar-refractivity contribution in [1.82, 2.24) is 4.90 Å². The Morgan fingerprint density at radius 1 is 1.36 bits per heavy atom. The summed E-state index contributed by atoms with van der Waals surface area (Å²) in [4.78, 5) is 26.0. The van der Waals surface area contributed by atoms with E-state index < -0.39 is 17.8 Å². The minimum atomic E-state index is -0.672. The lowest BCUT2D eigenvalue weighted by atomic mass is 10.2. The maximum atomic E-state index is 13.0. The summed E-state index contributed by atoms with van der Waals surface area (Å²) < 4.78 is 29.4. The molecule has 3 rings (SSSR count). The van der Waals surface area contributed by atoms with E-state index in [-0.39, 0.29) is 31.0 Å². The fraction of sp³-hybridized carbons (Fsp3) is 0.556. The van der Waals surface area contributed by atoms with Crippen LogP contribution in [-0.2, 0) is 30.3 Å². The lowest BCUT2D eigenvalue weighted by molar-refractivity contribution is -0.163. The van der Waals surface area contributed by atoms with Gasteiger partial charge in [0.05, 0.1) is 6.61 Å². The highest BCUT2D eigenvalue weighted by atomic mass is 19.1. The number of esters is 1. The fourth-order valence-electron chi connectivity index (χ4n) is 3.08. The van der Waals surface area contributed by atoms with Crippen molar-refractivity contribution in [3.63, 3.8) is 0 Å². The molecule has 2 aliphatic rings. The summed E-state index contributed by atoms with van der Waals surface area (Å²) in [7, 11) is 0. The van der Waals surface area contributed by atoms with E-state index >= 15 is 0 Å². The summed E-state index contributed by atoms with van der Waals surface area (Å²) in [5, 5.41) is 0. The van der Waals surface area contributed by atoms with Crippen LogP contribution in [0.3, 0.4) is 0 Å². The van der Waals surface area contributed by atoms with E-state index in [4.69, 9.17) is 14.2 Å². The number of carbonyl (C=O) groups is 2. The molecule has 25 heavy (non-hydrogen) atoms. The summed E-state index contributed by atoms with van der Waals surface area (Å²) in [6.45, 7) is 4.32. The SMILES string of the molecule is CC1(C)OCC(COC(=O)[C@@H]2CCC(=O)N2Cc2ccc(F)cc2)O1. The monoisotopic (exact) mass is 351 g/mol. The van der Waals surface area contributed by atoms with Gasteiger partial charge >= 0.3 is 5.97 Å². The molecule has 0 saturated carbocycles.